The normalized spacial score (nSPS) is 13.6. The van der Waals surface area contributed by atoms with E-state index in [0.29, 0.717) is 11.8 Å². The summed E-state index contributed by atoms with van der Waals surface area (Å²) in [6.07, 6.45) is 3.38. The molecular weight excluding hydrogens is 406 g/mol. The van der Waals surface area contributed by atoms with Gasteiger partial charge in [0.2, 0.25) is 10.0 Å². The van der Waals surface area contributed by atoms with Crippen molar-refractivity contribution in [1.29, 1.82) is 0 Å². The van der Waals surface area contributed by atoms with Gasteiger partial charge in [-0.05, 0) is 31.4 Å². The lowest BCUT2D eigenvalue weighted by molar-refractivity contribution is -0.134. The third-order valence-electron chi connectivity index (χ3n) is 3.90. The monoisotopic (exact) mass is 431 g/mol. The molecule has 1 atom stereocenters. The highest BCUT2D eigenvalue weighted by Gasteiger charge is 2.32. The second kappa shape index (κ2) is 10.1. The molecule has 0 unspecified atom stereocenters. The van der Waals surface area contributed by atoms with Crippen LogP contribution in [0.25, 0.3) is 0 Å². The second-order valence-corrected chi connectivity index (χ2v) is 8.65. The first-order valence-corrected chi connectivity index (χ1v) is 10.7. The Morgan fingerprint density at radius 3 is 2.36 bits per heavy atom. The molecule has 1 rings (SSSR count). The van der Waals surface area contributed by atoms with Gasteiger partial charge >= 0.3 is 5.97 Å². The molecule has 0 heterocycles. The van der Waals surface area contributed by atoms with Crippen molar-refractivity contribution < 1.29 is 17.9 Å². The van der Waals surface area contributed by atoms with Crippen LogP contribution in [0, 0.1) is 12.8 Å². The van der Waals surface area contributed by atoms with E-state index in [0.717, 1.165) is 5.56 Å². The van der Waals surface area contributed by atoms with Gasteiger partial charge in [-0.2, -0.15) is 4.31 Å². The predicted molar refractivity (Wildman–Crippen MR) is 103 cm³/mol. The van der Waals surface area contributed by atoms with Crippen molar-refractivity contribution in [1.82, 2.24) is 4.31 Å². The zero-order chi connectivity index (χ0) is 19.0. The zero-order valence-corrected chi connectivity index (χ0v) is 17.5. The number of carbonyl (C=O) groups is 1. The Bertz CT molecular complexity index is 684. The molecule has 140 valence electrons. The molecule has 1 aromatic carbocycles. The number of nitrogens with zero attached hydrogens (tertiary/aromatic N) is 1. The minimum absolute atomic E-state index is 0.143. The maximum atomic E-state index is 13.1. The number of sulfonamides is 1. The SMILES string of the molecule is COC(=O)/C=C/CCN([C@H](CBr)C(C)C)S(=O)(=O)c1ccc(C)cc1. The fourth-order valence-electron chi connectivity index (χ4n) is 2.35. The summed E-state index contributed by atoms with van der Waals surface area (Å²) in [5.74, 6) is -0.307. The van der Waals surface area contributed by atoms with Crippen LogP contribution in [-0.4, -0.2) is 43.7 Å². The zero-order valence-electron chi connectivity index (χ0n) is 15.1. The van der Waals surface area contributed by atoms with Crippen molar-refractivity contribution in [3.8, 4) is 0 Å². The molecule has 0 N–H and O–H groups in total. The first-order chi connectivity index (χ1) is 11.7. The quantitative estimate of drug-likeness (QED) is 0.340. The summed E-state index contributed by atoms with van der Waals surface area (Å²) in [5.41, 5.74) is 1.01. The third kappa shape index (κ3) is 6.24. The fraction of sp³-hybridized carbons (Fsp3) is 0.500. The molecule has 0 aliphatic carbocycles. The van der Waals surface area contributed by atoms with Crippen LogP contribution in [0.2, 0.25) is 0 Å². The molecule has 0 amide bonds. The lowest BCUT2D eigenvalue weighted by atomic mass is 10.1. The summed E-state index contributed by atoms with van der Waals surface area (Å²) in [4.78, 5) is 11.4. The lowest BCUT2D eigenvalue weighted by Crippen LogP contribution is -2.44. The van der Waals surface area contributed by atoms with E-state index in [-0.39, 0.29) is 23.4 Å². The Morgan fingerprint density at radius 2 is 1.88 bits per heavy atom. The Hall–Kier alpha value is -1.18. The number of alkyl halides is 1. The van der Waals surface area contributed by atoms with Crippen LogP contribution >= 0.6 is 15.9 Å². The molecule has 0 spiro atoms. The van der Waals surface area contributed by atoms with E-state index in [1.165, 1.54) is 17.5 Å². The molecule has 0 radical (unpaired) electrons. The number of hydrogen-bond acceptors (Lipinski definition) is 4. The standard InChI is InChI=1S/C18H26BrNO4S/c1-14(2)17(13-19)20(12-6-5-7-18(21)24-4)25(22,23)16-10-8-15(3)9-11-16/h5,7-11,14,17H,6,12-13H2,1-4H3/b7-5+/t17-/m1/s1. The summed E-state index contributed by atoms with van der Waals surface area (Å²) in [6, 6.07) is 6.67. The maximum absolute atomic E-state index is 13.1. The Morgan fingerprint density at radius 1 is 1.28 bits per heavy atom. The molecule has 0 aliphatic heterocycles. The summed E-state index contributed by atoms with van der Waals surface area (Å²) >= 11 is 3.44. The molecule has 0 aromatic heterocycles. The molecule has 0 saturated heterocycles. The van der Waals surface area contributed by atoms with E-state index in [4.69, 9.17) is 0 Å². The molecule has 5 nitrogen and oxygen atoms in total. The number of benzene rings is 1. The van der Waals surface area contributed by atoms with Gasteiger partial charge in [0.05, 0.1) is 12.0 Å². The number of aryl methyl sites for hydroxylation is 1. The minimum atomic E-state index is -3.63. The first-order valence-electron chi connectivity index (χ1n) is 8.13. The largest absolute Gasteiger partial charge is 0.466 e. The van der Waals surface area contributed by atoms with Crippen LogP contribution in [0.3, 0.4) is 0 Å². The fourth-order valence-corrected chi connectivity index (χ4v) is 5.41. The molecule has 0 bridgehead atoms. The van der Waals surface area contributed by atoms with Crippen LogP contribution in [0.4, 0.5) is 0 Å². The number of rotatable bonds is 9. The molecule has 0 saturated carbocycles. The van der Waals surface area contributed by atoms with Crippen molar-refractivity contribution in [3.05, 3.63) is 42.0 Å². The van der Waals surface area contributed by atoms with E-state index < -0.39 is 16.0 Å². The van der Waals surface area contributed by atoms with Gasteiger partial charge in [-0.15, -0.1) is 0 Å². The number of ether oxygens (including phenoxy) is 1. The number of carbonyl (C=O) groups excluding carboxylic acids is 1. The number of methoxy groups -OCH3 is 1. The van der Waals surface area contributed by atoms with E-state index in [1.54, 1.807) is 30.3 Å². The maximum Gasteiger partial charge on any atom is 0.330 e. The smallest absolute Gasteiger partial charge is 0.330 e. The number of hydrogen-bond donors (Lipinski definition) is 0. The predicted octanol–water partition coefficient (Wildman–Crippen LogP) is 3.52. The van der Waals surface area contributed by atoms with Gasteiger partial charge in [-0.25, -0.2) is 13.2 Å². The van der Waals surface area contributed by atoms with Gasteiger partial charge in [-0.3, -0.25) is 0 Å². The van der Waals surface area contributed by atoms with Crippen LogP contribution in [0.15, 0.2) is 41.3 Å². The van der Waals surface area contributed by atoms with E-state index in [9.17, 15) is 13.2 Å². The Labute approximate surface area is 159 Å². The van der Waals surface area contributed by atoms with E-state index in [2.05, 4.69) is 20.7 Å². The van der Waals surface area contributed by atoms with Gasteiger partial charge < -0.3 is 4.74 Å². The summed E-state index contributed by atoms with van der Waals surface area (Å²) in [7, 11) is -2.32. The third-order valence-corrected chi connectivity index (χ3v) is 6.50. The van der Waals surface area contributed by atoms with E-state index in [1.807, 2.05) is 20.8 Å². The highest BCUT2D eigenvalue weighted by Crippen LogP contribution is 2.24. The van der Waals surface area contributed by atoms with Gasteiger partial charge in [-0.1, -0.05) is 53.5 Å². The van der Waals surface area contributed by atoms with Gasteiger partial charge in [0.15, 0.2) is 0 Å². The van der Waals surface area contributed by atoms with Crippen LogP contribution in [0.5, 0.6) is 0 Å². The second-order valence-electron chi connectivity index (χ2n) is 6.11. The van der Waals surface area contributed by atoms with Crippen molar-refractivity contribution >= 4 is 31.9 Å². The van der Waals surface area contributed by atoms with Crippen molar-refractivity contribution in [2.75, 3.05) is 19.0 Å². The van der Waals surface area contributed by atoms with Gasteiger partial charge in [0, 0.05) is 24.0 Å². The van der Waals surface area contributed by atoms with Crippen LogP contribution in [0.1, 0.15) is 25.8 Å². The highest BCUT2D eigenvalue weighted by atomic mass is 79.9. The molecule has 0 fully saturated rings. The first kappa shape index (κ1) is 21.9. The van der Waals surface area contributed by atoms with Gasteiger partial charge in [0.1, 0.15) is 0 Å². The molecular formula is C18H26BrNO4S. The Balaban J connectivity index is 3.10. The molecule has 25 heavy (non-hydrogen) atoms. The summed E-state index contributed by atoms with van der Waals surface area (Å²) in [6.45, 7) is 6.20. The van der Waals surface area contributed by atoms with Crippen molar-refractivity contribution in [2.24, 2.45) is 5.92 Å². The van der Waals surface area contributed by atoms with Crippen LogP contribution < -0.4 is 0 Å². The highest BCUT2D eigenvalue weighted by molar-refractivity contribution is 9.09. The molecule has 0 aliphatic rings. The van der Waals surface area contributed by atoms with Gasteiger partial charge in [0.25, 0.3) is 0 Å². The minimum Gasteiger partial charge on any atom is -0.466 e. The lowest BCUT2D eigenvalue weighted by Gasteiger charge is -2.32. The average molecular weight is 432 g/mol. The topological polar surface area (TPSA) is 63.7 Å². The molecule has 1 aromatic rings. The van der Waals surface area contributed by atoms with Crippen LogP contribution in [-0.2, 0) is 19.6 Å². The van der Waals surface area contributed by atoms with E-state index >= 15 is 0 Å². The summed E-state index contributed by atoms with van der Waals surface area (Å²) in [5, 5.41) is 0.538. The van der Waals surface area contributed by atoms with Crippen molar-refractivity contribution in [2.45, 2.75) is 38.1 Å². The number of halogens is 1. The number of esters is 1. The summed E-state index contributed by atoms with van der Waals surface area (Å²) < 4.78 is 32.3. The average Bonchev–Trinajstić information content (AvgIpc) is 2.57. The van der Waals surface area contributed by atoms with Crippen molar-refractivity contribution in [3.63, 3.8) is 0 Å². The Kier molecular flexibility index (Phi) is 8.82. The molecule has 7 heteroatoms.